The van der Waals surface area contributed by atoms with Gasteiger partial charge in [0.15, 0.2) is 5.65 Å². The second kappa shape index (κ2) is 7.33. The molecule has 9 heteroatoms. The van der Waals surface area contributed by atoms with E-state index in [1.165, 1.54) is 24.4 Å². The fraction of sp³-hybridized carbons (Fsp3) is 0.0500. The van der Waals surface area contributed by atoms with Crippen molar-refractivity contribution in [3.8, 4) is 5.69 Å². The number of nitro groups is 1. The molecule has 0 spiro atoms. The molecule has 0 atom stereocenters. The average molecular weight is 408 g/mol. The first-order valence-corrected chi connectivity index (χ1v) is 8.98. The molecule has 0 saturated heterocycles. The molecule has 0 aliphatic rings. The van der Waals surface area contributed by atoms with Crippen molar-refractivity contribution < 1.29 is 9.72 Å². The Hall–Kier alpha value is -3.78. The summed E-state index contributed by atoms with van der Waals surface area (Å²) < 4.78 is 1.67. The Balaban J connectivity index is 1.73. The maximum Gasteiger partial charge on any atom is 0.271 e. The van der Waals surface area contributed by atoms with E-state index in [0.29, 0.717) is 16.7 Å². The number of rotatable bonds is 4. The Labute approximate surface area is 169 Å². The monoisotopic (exact) mass is 407 g/mol. The van der Waals surface area contributed by atoms with E-state index in [0.717, 1.165) is 5.69 Å². The van der Waals surface area contributed by atoms with Gasteiger partial charge in [-0.15, -0.1) is 0 Å². The lowest BCUT2D eigenvalue weighted by Gasteiger charge is -2.08. The van der Waals surface area contributed by atoms with Gasteiger partial charge in [-0.25, -0.2) is 9.67 Å². The van der Waals surface area contributed by atoms with Gasteiger partial charge in [0.25, 0.3) is 11.6 Å². The predicted octanol–water partition coefficient (Wildman–Crippen LogP) is 4.54. The van der Waals surface area contributed by atoms with Crippen LogP contribution in [-0.4, -0.2) is 25.6 Å². The number of fused-ring (bicyclic) bond motifs is 1. The third-order valence-corrected chi connectivity index (χ3v) is 4.76. The van der Waals surface area contributed by atoms with Crippen LogP contribution >= 0.6 is 11.6 Å². The number of aryl methyl sites for hydroxylation is 1. The zero-order chi connectivity index (χ0) is 20.5. The number of hydrogen-bond acceptors (Lipinski definition) is 5. The molecule has 8 nitrogen and oxygen atoms in total. The van der Waals surface area contributed by atoms with Gasteiger partial charge in [-0.1, -0.05) is 35.9 Å². The van der Waals surface area contributed by atoms with Crippen molar-refractivity contribution in [3.63, 3.8) is 0 Å². The highest BCUT2D eigenvalue weighted by atomic mass is 35.5. The number of halogens is 1. The van der Waals surface area contributed by atoms with Gasteiger partial charge in [0.1, 0.15) is 0 Å². The van der Waals surface area contributed by atoms with Crippen molar-refractivity contribution in [2.24, 2.45) is 0 Å². The van der Waals surface area contributed by atoms with Crippen LogP contribution in [0.3, 0.4) is 0 Å². The SMILES string of the molecule is Cc1nn(-c2ccccc2)c2ncc(C(=O)Nc3cccc([N+](=O)[O-])c3)c(Cl)c12. The van der Waals surface area contributed by atoms with Crippen LogP contribution in [0.2, 0.25) is 5.02 Å². The number of non-ortho nitro benzene ring substituents is 1. The number of amides is 1. The van der Waals surface area contributed by atoms with E-state index < -0.39 is 10.8 Å². The van der Waals surface area contributed by atoms with Crippen molar-refractivity contribution in [2.45, 2.75) is 6.92 Å². The lowest BCUT2D eigenvalue weighted by atomic mass is 10.2. The summed E-state index contributed by atoms with van der Waals surface area (Å²) in [6.45, 7) is 1.79. The minimum absolute atomic E-state index is 0.123. The van der Waals surface area contributed by atoms with Gasteiger partial charge >= 0.3 is 0 Å². The van der Waals surface area contributed by atoms with E-state index in [1.54, 1.807) is 17.7 Å². The van der Waals surface area contributed by atoms with Crippen LogP contribution in [0.5, 0.6) is 0 Å². The molecule has 2 aromatic heterocycles. The molecular formula is C20H14ClN5O3. The molecule has 0 fully saturated rings. The van der Waals surface area contributed by atoms with Gasteiger partial charge in [-0.2, -0.15) is 5.10 Å². The van der Waals surface area contributed by atoms with Crippen molar-refractivity contribution in [1.82, 2.24) is 14.8 Å². The summed E-state index contributed by atoms with van der Waals surface area (Å²) in [6.07, 6.45) is 1.37. The fourth-order valence-corrected chi connectivity index (χ4v) is 3.37. The zero-order valence-corrected chi connectivity index (χ0v) is 15.9. The molecule has 0 radical (unpaired) electrons. The van der Waals surface area contributed by atoms with Crippen molar-refractivity contribution in [2.75, 3.05) is 5.32 Å². The molecule has 4 aromatic rings. The zero-order valence-electron chi connectivity index (χ0n) is 15.2. The predicted molar refractivity (Wildman–Crippen MR) is 110 cm³/mol. The fourth-order valence-electron chi connectivity index (χ4n) is 3.01. The molecule has 1 N–H and O–H groups in total. The van der Waals surface area contributed by atoms with Crippen LogP contribution in [0.15, 0.2) is 60.8 Å². The lowest BCUT2D eigenvalue weighted by Crippen LogP contribution is -2.13. The summed E-state index contributed by atoms with van der Waals surface area (Å²) in [6, 6.07) is 15.1. The number of pyridine rings is 1. The van der Waals surface area contributed by atoms with Crippen LogP contribution in [0, 0.1) is 17.0 Å². The summed E-state index contributed by atoms with van der Waals surface area (Å²) >= 11 is 6.53. The molecule has 1 amide bonds. The second-order valence-corrected chi connectivity index (χ2v) is 6.66. The van der Waals surface area contributed by atoms with Crippen LogP contribution < -0.4 is 5.32 Å². The maximum absolute atomic E-state index is 12.7. The number of nitrogens with one attached hydrogen (secondary N) is 1. The Morgan fingerprint density at radius 1 is 1.17 bits per heavy atom. The Morgan fingerprint density at radius 3 is 2.66 bits per heavy atom. The average Bonchev–Trinajstić information content (AvgIpc) is 3.06. The van der Waals surface area contributed by atoms with Crippen LogP contribution in [-0.2, 0) is 0 Å². The van der Waals surface area contributed by atoms with Gasteiger partial charge in [0, 0.05) is 24.0 Å². The smallest absolute Gasteiger partial charge is 0.271 e. The quantitative estimate of drug-likeness (QED) is 0.395. The first-order valence-electron chi connectivity index (χ1n) is 8.61. The normalized spacial score (nSPS) is 10.8. The number of nitrogens with zero attached hydrogens (tertiary/aromatic N) is 4. The summed E-state index contributed by atoms with van der Waals surface area (Å²) in [5, 5.41) is 18.8. The van der Waals surface area contributed by atoms with Gasteiger partial charge < -0.3 is 5.32 Å². The van der Waals surface area contributed by atoms with Gasteiger partial charge in [-0.05, 0) is 25.1 Å². The Morgan fingerprint density at radius 2 is 1.93 bits per heavy atom. The highest BCUT2D eigenvalue weighted by Gasteiger charge is 2.20. The van der Waals surface area contributed by atoms with Crippen molar-refractivity contribution >= 4 is 39.9 Å². The van der Waals surface area contributed by atoms with E-state index in [9.17, 15) is 14.9 Å². The molecule has 2 aromatic carbocycles. The Kier molecular flexibility index (Phi) is 4.69. The van der Waals surface area contributed by atoms with Gasteiger partial charge in [0.05, 0.1) is 32.3 Å². The first kappa shape index (κ1) is 18.6. The molecule has 144 valence electrons. The minimum Gasteiger partial charge on any atom is -0.322 e. The summed E-state index contributed by atoms with van der Waals surface area (Å²) in [4.78, 5) is 27.5. The highest BCUT2D eigenvalue weighted by molar-refractivity contribution is 6.39. The third kappa shape index (κ3) is 3.41. The molecule has 4 rings (SSSR count). The standard InChI is InChI=1S/C20H14ClN5O3/c1-12-17-18(21)16(20(27)23-13-6-5-9-15(10-13)26(28)29)11-22-19(17)25(24-12)14-7-3-2-4-8-14/h2-11H,1H3,(H,23,27). The molecule has 0 aliphatic carbocycles. The van der Waals surface area contributed by atoms with E-state index in [-0.39, 0.29) is 22.0 Å². The maximum atomic E-state index is 12.7. The van der Waals surface area contributed by atoms with Crippen LogP contribution in [0.4, 0.5) is 11.4 Å². The number of nitro benzene ring substituents is 1. The number of anilines is 1. The largest absolute Gasteiger partial charge is 0.322 e. The number of aromatic nitrogens is 3. The molecule has 0 saturated carbocycles. The first-order chi connectivity index (χ1) is 14.0. The molecule has 0 bridgehead atoms. The number of carbonyl (C=O) groups is 1. The van der Waals surface area contributed by atoms with E-state index >= 15 is 0 Å². The summed E-state index contributed by atoms with van der Waals surface area (Å²) in [5.41, 5.74) is 2.31. The third-order valence-electron chi connectivity index (χ3n) is 4.37. The molecule has 2 heterocycles. The van der Waals surface area contributed by atoms with E-state index in [2.05, 4.69) is 15.4 Å². The minimum atomic E-state index is -0.530. The van der Waals surface area contributed by atoms with E-state index in [1.807, 2.05) is 30.3 Å². The lowest BCUT2D eigenvalue weighted by molar-refractivity contribution is -0.384. The number of para-hydroxylation sites is 1. The number of carbonyl (C=O) groups excluding carboxylic acids is 1. The van der Waals surface area contributed by atoms with E-state index in [4.69, 9.17) is 11.6 Å². The number of hydrogen-bond donors (Lipinski definition) is 1. The Bertz CT molecular complexity index is 1250. The second-order valence-electron chi connectivity index (χ2n) is 6.28. The summed E-state index contributed by atoms with van der Waals surface area (Å²) in [5.74, 6) is -0.517. The molecular weight excluding hydrogens is 394 g/mol. The molecule has 0 aliphatic heterocycles. The molecule has 0 unspecified atom stereocenters. The topological polar surface area (TPSA) is 103 Å². The number of benzene rings is 2. The molecule has 29 heavy (non-hydrogen) atoms. The van der Waals surface area contributed by atoms with Crippen LogP contribution in [0.1, 0.15) is 16.1 Å². The van der Waals surface area contributed by atoms with Gasteiger partial charge in [-0.3, -0.25) is 14.9 Å². The van der Waals surface area contributed by atoms with Gasteiger partial charge in [0.2, 0.25) is 0 Å². The highest BCUT2D eigenvalue weighted by Crippen LogP contribution is 2.30. The van der Waals surface area contributed by atoms with Crippen molar-refractivity contribution in [3.05, 3.63) is 87.2 Å². The summed E-state index contributed by atoms with van der Waals surface area (Å²) in [7, 11) is 0. The van der Waals surface area contributed by atoms with Crippen LogP contribution in [0.25, 0.3) is 16.7 Å². The van der Waals surface area contributed by atoms with Crippen molar-refractivity contribution in [1.29, 1.82) is 0 Å².